The first-order valence-corrected chi connectivity index (χ1v) is 9.05. The van der Waals surface area contributed by atoms with E-state index in [-0.39, 0.29) is 16.6 Å². The molecule has 7 heteroatoms. The molecule has 0 aliphatic rings. The van der Waals surface area contributed by atoms with E-state index in [0.29, 0.717) is 16.8 Å². The zero-order chi connectivity index (χ0) is 19.2. The largest absolute Gasteiger partial charge is 0.495 e. The Balaban J connectivity index is 2.20. The number of sulfonamides is 1. The van der Waals surface area contributed by atoms with E-state index in [1.807, 2.05) is 0 Å². The number of terminal acetylenes is 1. The van der Waals surface area contributed by atoms with Crippen LogP contribution in [0.3, 0.4) is 0 Å². The molecule has 2 rings (SSSR count). The van der Waals surface area contributed by atoms with Gasteiger partial charge in [-0.05, 0) is 49.0 Å². The highest BCUT2D eigenvalue weighted by molar-refractivity contribution is 7.89. The molecular weight excluding hydrogens is 352 g/mol. The summed E-state index contributed by atoms with van der Waals surface area (Å²) in [5, 5.41) is 2.69. The second-order valence-corrected chi connectivity index (χ2v) is 7.02. The molecule has 0 heterocycles. The summed E-state index contributed by atoms with van der Waals surface area (Å²) in [5.74, 6) is 2.34. The lowest BCUT2D eigenvalue weighted by Gasteiger charge is -2.09. The van der Waals surface area contributed by atoms with Crippen LogP contribution in [0.5, 0.6) is 5.75 Å². The van der Waals surface area contributed by atoms with Crippen molar-refractivity contribution in [1.29, 1.82) is 0 Å². The summed E-state index contributed by atoms with van der Waals surface area (Å²) in [5.41, 5.74) is 1.76. The van der Waals surface area contributed by atoms with Crippen molar-refractivity contribution in [1.82, 2.24) is 4.72 Å². The topological polar surface area (TPSA) is 84.5 Å². The maximum Gasteiger partial charge on any atom is 0.248 e. The van der Waals surface area contributed by atoms with Gasteiger partial charge in [0.2, 0.25) is 15.9 Å². The fourth-order valence-electron chi connectivity index (χ4n) is 2.16. The van der Waals surface area contributed by atoms with Crippen molar-refractivity contribution in [3.63, 3.8) is 0 Å². The molecule has 26 heavy (non-hydrogen) atoms. The quantitative estimate of drug-likeness (QED) is 0.603. The van der Waals surface area contributed by atoms with Gasteiger partial charge in [-0.2, -0.15) is 0 Å². The van der Waals surface area contributed by atoms with E-state index in [1.165, 1.54) is 38.4 Å². The smallest absolute Gasteiger partial charge is 0.248 e. The molecule has 2 aromatic carbocycles. The van der Waals surface area contributed by atoms with Crippen LogP contribution in [-0.4, -0.2) is 28.5 Å². The van der Waals surface area contributed by atoms with Gasteiger partial charge in [-0.3, -0.25) is 4.79 Å². The molecule has 0 saturated carbocycles. The Bertz CT molecular complexity index is 989. The van der Waals surface area contributed by atoms with Crippen LogP contribution in [0.1, 0.15) is 11.1 Å². The molecule has 0 aliphatic heterocycles. The highest BCUT2D eigenvalue weighted by Gasteiger charge is 2.17. The van der Waals surface area contributed by atoms with E-state index < -0.39 is 10.0 Å². The van der Waals surface area contributed by atoms with Gasteiger partial charge < -0.3 is 10.1 Å². The SMILES string of the molecule is C#Cc1cccc(NC(=O)/C=C/c2ccc(OC)c(S(=O)(=O)NC)c2)c1. The molecule has 0 unspecified atom stereocenters. The summed E-state index contributed by atoms with van der Waals surface area (Å²) in [6, 6.07) is 11.5. The first-order valence-electron chi connectivity index (χ1n) is 7.57. The fourth-order valence-corrected chi connectivity index (χ4v) is 3.09. The van der Waals surface area contributed by atoms with Crippen LogP contribution in [0, 0.1) is 12.3 Å². The Morgan fingerprint density at radius 2 is 2.00 bits per heavy atom. The third kappa shape index (κ3) is 4.72. The van der Waals surface area contributed by atoms with Crippen LogP contribution in [-0.2, 0) is 14.8 Å². The zero-order valence-corrected chi connectivity index (χ0v) is 15.1. The molecule has 0 aliphatic carbocycles. The zero-order valence-electron chi connectivity index (χ0n) is 14.3. The average Bonchev–Trinajstić information content (AvgIpc) is 2.66. The summed E-state index contributed by atoms with van der Waals surface area (Å²) in [6.45, 7) is 0. The van der Waals surface area contributed by atoms with Crippen LogP contribution >= 0.6 is 0 Å². The third-order valence-electron chi connectivity index (χ3n) is 3.47. The number of amides is 1. The lowest BCUT2D eigenvalue weighted by atomic mass is 10.2. The average molecular weight is 370 g/mol. The summed E-state index contributed by atoms with van der Waals surface area (Å²) in [4.78, 5) is 12.0. The standard InChI is InChI=1S/C19H18N2O4S/c1-4-14-6-5-7-16(12-14)21-19(22)11-9-15-8-10-17(25-3)18(13-15)26(23,24)20-2/h1,5-13,20H,2-3H3,(H,21,22)/b11-9+. The molecule has 0 aromatic heterocycles. The molecule has 6 nitrogen and oxygen atoms in total. The molecule has 0 atom stereocenters. The van der Waals surface area contributed by atoms with E-state index in [4.69, 9.17) is 11.2 Å². The van der Waals surface area contributed by atoms with Crippen molar-refractivity contribution >= 4 is 27.7 Å². The first-order chi connectivity index (χ1) is 12.4. The van der Waals surface area contributed by atoms with E-state index >= 15 is 0 Å². The normalized spacial score (nSPS) is 11.1. The third-order valence-corrected chi connectivity index (χ3v) is 4.91. The van der Waals surface area contributed by atoms with Crippen LogP contribution in [0.2, 0.25) is 0 Å². The number of hydrogen-bond donors (Lipinski definition) is 2. The van der Waals surface area contributed by atoms with Gasteiger partial charge in [-0.15, -0.1) is 6.42 Å². The molecule has 2 aromatic rings. The Labute approximate surface area is 152 Å². The van der Waals surface area contributed by atoms with E-state index in [9.17, 15) is 13.2 Å². The summed E-state index contributed by atoms with van der Waals surface area (Å²) < 4.78 is 31.4. The molecule has 0 saturated heterocycles. The Kier molecular flexibility index (Phi) is 6.17. The van der Waals surface area contributed by atoms with Gasteiger partial charge in [0.1, 0.15) is 10.6 Å². The molecular formula is C19H18N2O4S. The molecule has 0 spiro atoms. The van der Waals surface area contributed by atoms with Crippen molar-refractivity contribution in [2.24, 2.45) is 0 Å². The van der Waals surface area contributed by atoms with Gasteiger partial charge in [0.15, 0.2) is 0 Å². The summed E-state index contributed by atoms with van der Waals surface area (Å²) >= 11 is 0. The number of anilines is 1. The molecule has 0 fully saturated rings. The predicted molar refractivity (Wildman–Crippen MR) is 101 cm³/mol. The number of carbonyl (C=O) groups excluding carboxylic acids is 1. The number of benzene rings is 2. The van der Waals surface area contributed by atoms with Crippen molar-refractivity contribution in [3.05, 3.63) is 59.7 Å². The maximum absolute atomic E-state index is 12.1. The summed E-state index contributed by atoms with van der Waals surface area (Å²) in [7, 11) is -0.986. The first kappa shape index (κ1) is 19.2. The van der Waals surface area contributed by atoms with E-state index in [0.717, 1.165) is 0 Å². The van der Waals surface area contributed by atoms with Gasteiger partial charge in [-0.1, -0.05) is 18.1 Å². The monoisotopic (exact) mass is 370 g/mol. The Hall–Kier alpha value is -3.08. The lowest BCUT2D eigenvalue weighted by molar-refractivity contribution is -0.111. The number of ether oxygens (including phenoxy) is 1. The van der Waals surface area contributed by atoms with Gasteiger partial charge in [-0.25, -0.2) is 13.1 Å². The number of rotatable bonds is 6. The van der Waals surface area contributed by atoms with Crippen molar-refractivity contribution in [3.8, 4) is 18.1 Å². The minimum atomic E-state index is -3.69. The molecule has 0 radical (unpaired) electrons. The number of nitrogens with one attached hydrogen (secondary N) is 2. The van der Waals surface area contributed by atoms with Gasteiger partial charge >= 0.3 is 0 Å². The van der Waals surface area contributed by atoms with Crippen molar-refractivity contribution in [2.45, 2.75) is 4.90 Å². The predicted octanol–water partition coefficient (Wildman–Crippen LogP) is 2.24. The van der Waals surface area contributed by atoms with E-state index in [1.54, 1.807) is 30.3 Å². The van der Waals surface area contributed by atoms with Crippen LogP contribution in [0.15, 0.2) is 53.4 Å². The Morgan fingerprint density at radius 1 is 1.23 bits per heavy atom. The number of carbonyl (C=O) groups is 1. The molecule has 134 valence electrons. The second-order valence-electron chi connectivity index (χ2n) is 5.17. The fraction of sp³-hybridized carbons (Fsp3) is 0.105. The van der Waals surface area contributed by atoms with Crippen LogP contribution in [0.4, 0.5) is 5.69 Å². The van der Waals surface area contributed by atoms with Gasteiger partial charge in [0, 0.05) is 17.3 Å². The molecule has 1 amide bonds. The number of methoxy groups -OCH3 is 1. The van der Waals surface area contributed by atoms with E-state index in [2.05, 4.69) is 16.0 Å². The highest BCUT2D eigenvalue weighted by Crippen LogP contribution is 2.25. The van der Waals surface area contributed by atoms with Crippen LogP contribution in [0.25, 0.3) is 6.08 Å². The van der Waals surface area contributed by atoms with Gasteiger partial charge in [0.05, 0.1) is 7.11 Å². The Morgan fingerprint density at radius 3 is 2.65 bits per heavy atom. The second kappa shape index (κ2) is 8.34. The maximum atomic E-state index is 12.1. The van der Waals surface area contributed by atoms with Crippen molar-refractivity contribution in [2.75, 3.05) is 19.5 Å². The number of hydrogen-bond acceptors (Lipinski definition) is 4. The lowest BCUT2D eigenvalue weighted by Crippen LogP contribution is -2.19. The van der Waals surface area contributed by atoms with Crippen LogP contribution < -0.4 is 14.8 Å². The van der Waals surface area contributed by atoms with Crippen molar-refractivity contribution < 1.29 is 17.9 Å². The highest BCUT2D eigenvalue weighted by atomic mass is 32.2. The summed E-state index contributed by atoms with van der Waals surface area (Å²) in [6.07, 6.45) is 8.14. The van der Waals surface area contributed by atoms with Gasteiger partial charge in [0.25, 0.3) is 0 Å². The molecule has 2 N–H and O–H groups in total. The molecule has 0 bridgehead atoms. The minimum Gasteiger partial charge on any atom is -0.495 e. The minimum absolute atomic E-state index is 0.00761.